The van der Waals surface area contributed by atoms with Crippen LogP contribution in [0.15, 0.2) is 40.7 Å². The molecular weight excluding hydrogens is 392 g/mol. The number of likely N-dealkylation sites (tertiary alicyclic amines) is 1. The van der Waals surface area contributed by atoms with Crippen molar-refractivity contribution >= 4 is 22.4 Å². The van der Waals surface area contributed by atoms with Gasteiger partial charge in [0, 0.05) is 57.6 Å². The van der Waals surface area contributed by atoms with E-state index in [9.17, 15) is 0 Å². The highest BCUT2D eigenvalue weighted by Crippen LogP contribution is 2.24. The van der Waals surface area contributed by atoms with Crippen LogP contribution in [0.25, 0.3) is 0 Å². The molecule has 1 aromatic heterocycles. The van der Waals surface area contributed by atoms with E-state index in [1.165, 1.54) is 48.6 Å². The van der Waals surface area contributed by atoms with Crippen LogP contribution in [0, 0.1) is 0 Å². The minimum Gasteiger partial charge on any atom is -0.356 e. The molecule has 0 amide bonds. The van der Waals surface area contributed by atoms with Gasteiger partial charge in [-0.15, -0.1) is 11.3 Å². The van der Waals surface area contributed by atoms with Gasteiger partial charge in [0.1, 0.15) is 0 Å². The molecule has 162 valence electrons. The Bertz CT molecular complexity index is 799. The molecule has 2 aromatic rings. The molecular formula is C23H34N6S. The molecule has 3 heterocycles. The normalized spacial score (nSPS) is 20.5. The summed E-state index contributed by atoms with van der Waals surface area (Å²) in [5, 5.41) is 10.5. The Morgan fingerprint density at radius 3 is 2.80 bits per heavy atom. The van der Waals surface area contributed by atoms with E-state index < -0.39 is 0 Å². The van der Waals surface area contributed by atoms with Gasteiger partial charge in [-0.05, 0) is 37.8 Å². The molecule has 1 atom stereocenters. The summed E-state index contributed by atoms with van der Waals surface area (Å²) < 4.78 is 0. The number of nitrogens with zero attached hydrogens (tertiary/aromatic N) is 4. The lowest BCUT2D eigenvalue weighted by Crippen LogP contribution is -2.51. The monoisotopic (exact) mass is 426 g/mol. The van der Waals surface area contributed by atoms with Gasteiger partial charge in [0.05, 0.1) is 5.69 Å². The highest BCUT2D eigenvalue weighted by Gasteiger charge is 2.21. The van der Waals surface area contributed by atoms with Crippen LogP contribution >= 0.6 is 11.3 Å². The molecule has 1 aromatic carbocycles. The Balaban J connectivity index is 1.20. The van der Waals surface area contributed by atoms with E-state index in [1.807, 2.05) is 7.05 Å². The third-order valence-corrected chi connectivity index (χ3v) is 6.86. The van der Waals surface area contributed by atoms with Gasteiger partial charge in [-0.1, -0.05) is 30.3 Å². The minimum absolute atomic E-state index is 0.440. The van der Waals surface area contributed by atoms with Gasteiger partial charge in [0.15, 0.2) is 11.1 Å². The molecule has 0 saturated carbocycles. The Morgan fingerprint density at radius 1 is 1.17 bits per heavy atom. The summed E-state index contributed by atoms with van der Waals surface area (Å²) in [5.41, 5.74) is 2.56. The van der Waals surface area contributed by atoms with Crippen LogP contribution < -0.4 is 15.5 Å². The number of guanidine groups is 1. The molecule has 0 spiro atoms. The first kappa shape index (κ1) is 21.1. The average Bonchev–Trinajstić information content (AvgIpc) is 3.46. The number of rotatable bonds is 7. The summed E-state index contributed by atoms with van der Waals surface area (Å²) in [6, 6.07) is 11.2. The van der Waals surface area contributed by atoms with Crippen LogP contribution in [0.2, 0.25) is 0 Å². The second-order valence-electron chi connectivity index (χ2n) is 8.27. The SMILES string of the molecule is CN=C(NCCc1csc(N2CCCC2)n1)NC1CCCN(Cc2ccccc2)C1. The minimum atomic E-state index is 0.440. The van der Waals surface area contributed by atoms with Crippen LogP contribution in [0.5, 0.6) is 0 Å². The molecule has 0 bridgehead atoms. The molecule has 30 heavy (non-hydrogen) atoms. The zero-order chi connectivity index (χ0) is 20.6. The van der Waals surface area contributed by atoms with Gasteiger partial charge in [-0.2, -0.15) is 0 Å². The smallest absolute Gasteiger partial charge is 0.191 e. The number of anilines is 1. The van der Waals surface area contributed by atoms with Gasteiger partial charge in [0.25, 0.3) is 0 Å². The maximum Gasteiger partial charge on any atom is 0.191 e. The fraction of sp³-hybridized carbons (Fsp3) is 0.565. The number of nitrogens with one attached hydrogen (secondary N) is 2. The molecule has 2 fully saturated rings. The first-order valence-electron chi connectivity index (χ1n) is 11.2. The van der Waals surface area contributed by atoms with Crippen LogP contribution in [0.4, 0.5) is 5.13 Å². The number of aromatic nitrogens is 1. The largest absolute Gasteiger partial charge is 0.356 e. The van der Waals surface area contributed by atoms with Crippen LogP contribution in [-0.4, -0.2) is 61.7 Å². The third-order valence-electron chi connectivity index (χ3n) is 5.91. The number of piperidine rings is 1. The predicted molar refractivity (Wildman–Crippen MR) is 127 cm³/mol. The van der Waals surface area contributed by atoms with E-state index in [1.54, 1.807) is 11.3 Å². The van der Waals surface area contributed by atoms with E-state index in [4.69, 9.17) is 4.98 Å². The van der Waals surface area contributed by atoms with Crippen LogP contribution in [0.1, 0.15) is 36.9 Å². The quantitative estimate of drug-likeness (QED) is 0.526. The van der Waals surface area contributed by atoms with E-state index >= 15 is 0 Å². The van der Waals surface area contributed by atoms with Crippen LogP contribution in [-0.2, 0) is 13.0 Å². The van der Waals surface area contributed by atoms with E-state index in [0.29, 0.717) is 6.04 Å². The Kier molecular flexibility index (Phi) is 7.59. The second kappa shape index (κ2) is 10.8. The van der Waals surface area contributed by atoms with Crippen molar-refractivity contribution in [3.8, 4) is 0 Å². The fourth-order valence-corrected chi connectivity index (χ4v) is 5.23. The van der Waals surface area contributed by atoms with Crippen molar-refractivity contribution in [1.29, 1.82) is 0 Å². The van der Waals surface area contributed by atoms with Gasteiger partial charge < -0.3 is 15.5 Å². The first-order chi connectivity index (χ1) is 14.8. The number of thiazole rings is 1. The molecule has 2 N–H and O–H groups in total. The van der Waals surface area contributed by atoms with Crippen molar-refractivity contribution in [2.45, 2.75) is 44.7 Å². The second-order valence-corrected chi connectivity index (χ2v) is 9.11. The van der Waals surface area contributed by atoms with Crippen molar-refractivity contribution in [2.24, 2.45) is 4.99 Å². The zero-order valence-corrected chi connectivity index (χ0v) is 18.8. The topological polar surface area (TPSA) is 55.8 Å². The summed E-state index contributed by atoms with van der Waals surface area (Å²) in [6.07, 6.45) is 5.93. The Morgan fingerprint density at radius 2 is 2.00 bits per heavy atom. The number of hydrogen-bond acceptors (Lipinski definition) is 5. The summed E-state index contributed by atoms with van der Waals surface area (Å²) >= 11 is 1.78. The molecule has 2 aliphatic heterocycles. The number of aliphatic imine (C=N–C) groups is 1. The summed E-state index contributed by atoms with van der Waals surface area (Å²) in [4.78, 5) is 14.2. The van der Waals surface area contributed by atoms with E-state index in [0.717, 1.165) is 45.1 Å². The molecule has 7 heteroatoms. The van der Waals surface area contributed by atoms with Crippen molar-refractivity contribution in [3.63, 3.8) is 0 Å². The molecule has 6 nitrogen and oxygen atoms in total. The van der Waals surface area contributed by atoms with Gasteiger partial charge >= 0.3 is 0 Å². The maximum atomic E-state index is 4.82. The first-order valence-corrected chi connectivity index (χ1v) is 12.1. The van der Waals surface area contributed by atoms with Crippen molar-refractivity contribution < 1.29 is 0 Å². The average molecular weight is 427 g/mol. The van der Waals surface area contributed by atoms with Crippen molar-refractivity contribution in [2.75, 3.05) is 44.7 Å². The zero-order valence-electron chi connectivity index (χ0n) is 18.0. The maximum absolute atomic E-state index is 4.82. The number of benzene rings is 1. The Hall–Kier alpha value is -2.12. The lowest BCUT2D eigenvalue weighted by Gasteiger charge is -2.34. The highest BCUT2D eigenvalue weighted by molar-refractivity contribution is 7.13. The molecule has 1 unspecified atom stereocenters. The predicted octanol–water partition coefficient (Wildman–Crippen LogP) is 3.12. The fourth-order valence-electron chi connectivity index (χ4n) is 4.32. The molecule has 2 aliphatic rings. The van der Waals surface area contributed by atoms with E-state index in [2.05, 4.69) is 61.1 Å². The highest BCUT2D eigenvalue weighted by atomic mass is 32.1. The van der Waals surface area contributed by atoms with E-state index in [-0.39, 0.29) is 0 Å². The summed E-state index contributed by atoms with van der Waals surface area (Å²) in [7, 11) is 1.86. The van der Waals surface area contributed by atoms with Crippen molar-refractivity contribution in [3.05, 3.63) is 47.0 Å². The third kappa shape index (κ3) is 5.95. The molecule has 4 rings (SSSR count). The van der Waals surface area contributed by atoms with Gasteiger partial charge in [-0.25, -0.2) is 4.98 Å². The molecule has 2 saturated heterocycles. The standard InChI is InChI=1S/C23H34N6S/c1-24-22(25-12-11-21-18-30-23(27-21)29-14-5-6-15-29)26-20-10-7-13-28(17-20)16-19-8-3-2-4-9-19/h2-4,8-9,18,20H,5-7,10-17H2,1H3,(H2,24,25,26). The lowest BCUT2D eigenvalue weighted by molar-refractivity contribution is 0.192. The summed E-state index contributed by atoms with van der Waals surface area (Å²) in [6.45, 7) is 6.41. The Labute approximate surface area is 184 Å². The van der Waals surface area contributed by atoms with Crippen molar-refractivity contribution in [1.82, 2.24) is 20.5 Å². The lowest BCUT2D eigenvalue weighted by atomic mass is 10.0. The molecule has 0 aliphatic carbocycles. The van der Waals surface area contributed by atoms with Gasteiger partial charge in [0.2, 0.25) is 0 Å². The number of hydrogen-bond donors (Lipinski definition) is 2. The summed E-state index contributed by atoms with van der Waals surface area (Å²) in [5.74, 6) is 0.900. The van der Waals surface area contributed by atoms with Crippen LogP contribution in [0.3, 0.4) is 0 Å². The van der Waals surface area contributed by atoms with Gasteiger partial charge in [-0.3, -0.25) is 9.89 Å². The molecule has 0 radical (unpaired) electrons.